The maximum atomic E-state index is 12.8. The summed E-state index contributed by atoms with van der Waals surface area (Å²) in [6, 6.07) is 11.9. The van der Waals surface area contributed by atoms with Gasteiger partial charge < -0.3 is 4.74 Å². The Labute approximate surface area is 145 Å². The molecule has 7 heteroatoms. The van der Waals surface area contributed by atoms with Crippen LogP contribution in [0.15, 0.2) is 53.6 Å². The fourth-order valence-electron chi connectivity index (χ4n) is 2.39. The quantitative estimate of drug-likeness (QED) is 0.761. The summed E-state index contributed by atoms with van der Waals surface area (Å²) < 4.78 is 33.4. The van der Waals surface area contributed by atoms with Gasteiger partial charge in [0, 0.05) is 16.6 Å². The molecule has 0 saturated carbocycles. The standard InChI is InChI=1S/C17H15ClN2O3S/c1-11-9-15(23-2)16(10-13(11)18)24(21,22)20-14-7-3-5-12-6-4-8-19-17(12)14/h3-10,20H,1-2H3. The van der Waals surface area contributed by atoms with Gasteiger partial charge in [-0.3, -0.25) is 9.71 Å². The number of anilines is 1. The Morgan fingerprint density at radius 1 is 1.17 bits per heavy atom. The Kier molecular flexibility index (Phi) is 4.34. The van der Waals surface area contributed by atoms with Gasteiger partial charge in [0.25, 0.3) is 10.0 Å². The number of ether oxygens (including phenoxy) is 1. The Morgan fingerprint density at radius 3 is 2.67 bits per heavy atom. The third-order valence-electron chi connectivity index (χ3n) is 3.61. The summed E-state index contributed by atoms with van der Waals surface area (Å²) in [4.78, 5) is 4.23. The predicted molar refractivity (Wildman–Crippen MR) is 95.3 cm³/mol. The summed E-state index contributed by atoms with van der Waals surface area (Å²) >= 11 is 6.09. The number of nitrogens with one attached hydrogen (secondary N) is 1. The van der Waals surface area contributed by atoms with Crippen molar-refractivity contribution in [3.8, 4) is 5.75 Å². The zero-order valence-corrected chi connectivity index (χ0v) is 14.6. The number of methoxy groups -OCH3 is 1. The second-order valence-electron chi connectivity index (χ2n) is 5.24. The molecule has 0 fully saturated rings. The number of rotatable bonds is 4. The fraction of sp³-hybridized carbons (Fsp3) is 0.118. The van der Waals surface area contributed by atoms with Crippen LogP contribution in [0.4, 0.5) is 5.69 Å². The summed E-state index contributed by atoms with van der Waals surface area (Å²) in [5.74, 6) is 0.234. The van der Waals surface area contributed by atoms with Crippen molar-refractivity contribution in [1.82, 2.24) is 4.98 Å². The van der Waals surface area contributed by atoms with E-state index in [1.807, 2.05) is 12.1 Å². The zero-order chi connectivity index (χ0) is 17.3. The van der Waals surface area contributed by atoms with Crippen LogP contribution in [-0.2, 0) is 10.0 Å². The van der Waals surface area contributed by atoms with Crippen molar-refractivity contribution < 1.29 is 13.2 Å². The molecule has 0 amide bonds. The van der Waals surface area contributed by atoms with E-state index in [-0.39, 0.29) is 10.6 Å². The van der Waals surface area contributed by atoms with Crippen molar-refractivity contribution >= 4 is 38.2 Å². The lowest BCUT2D eigenvalue weighted by Crippen LogP contribution is -2.14. The first-order chi connectivity index (χ1) is 11.4. The highest BCUT2D eigenvalue weighted by molar-refractivity contribution is 7.92. The third-order valence-corrected chi connectivity index (χ3v) is 5.41. The van der Waals surface area contributed by atoms with Gasteiger partial charge in [-0.2, -0.15) is 0 Å². The molecule has 0 aliphatic rings. The minimum absolute atomic E-state index is 0.0199. The second-order valence-corrected chi connectivity index (χ2v) is 7.30. The summed E-state index contributed by atoms with van der Waals surface area (Å²) in [6.45, 7) is 1.78. The van der Waals surface area contributed by atoms with Gasteiger partial charge in [0.1, 0.15) is 10.6 Å². The highest BCUT2D eigenvalue weighted by Gasteiger charge is 2.22. The van der Waals surface area contributed by atoms with Crippen LogP contribution >= 0.6 is 11.6 Å². The first-order valence-corrected chi connectivity index (χ1v) is 8.99. The Balaban J connectivity index is 2.11. The summed E-state index contributed by atoms with van der Waals surface area (Å²) in [6.07, 6.45) is 1.61. The first-order valence-electron chi connectivity index (χ1n) is 7.13. The van der Waals surface area contributed by atoms with Crippen molar-refractivity contribution in [2.45, 2.75) is 11.8 Å². The molecule has 0 bridgehead atoms. The molecular formula is C17H15ClN2O3S. The molecule has 124 valence electrons. The third kappa shape index (κ3) is 3.02. The minimum atomic E-state index is -3.89. The number of hydrogen-bond donors (Lipinski definition) is 1. The summed E-state index contributed by atoms with van der Waals surface area (Å²) in [7, 11) is -2.47. The molecule has 1 heterocycles. The number of nitrogens with zero attached hydrogens (tertiary/aromatic N) is 1. The van der Waals surface area contributed by atoms with E-state index < -0.39 is 10.0 Å². The van der Waals surface area contributed by atoms with Gasteiger partial charge in [-0.05, 0) is 36.8 Å². The summed E-state index contributed by atoms with van der Waals surface area (Å²) in [5, 5.41) is 1.19. The summed E-state index contributed by atoms with van der Waals surface area (Å²) in [5.41, 5.74) is 1.70. The maximum Gasteiger partial charge on any atom is 0.265 e. The van der Waals surface area contributed by atoms with Crippen LogP contribution < -0.4 is 9.46 Å². The highest BCUT2D eigenvalue weighted by Crippen LogP contribution is 2.32. The van der Waals surface area contributed by atoms with Gasteiger partial charge in [0.15, 0.2) is 0 Å². The monoisotopic (exact) mass is 362 g/mol. The molecule has 0 unspecified atom stereocenters. The number of hydrogen-bond acceptors (Lipinski definition) is 4. The molecule has 0 aliphatic carbocycles. The number of fused-ring (bicyclic) bond motifs is 1. The molecule has 0 spiro atoms. The molecule has 0 atom stereocenters. The van der Waals surface area contributed by atoms with Crippen molar-refractivity contribution in [2.75, 3.05) is 11.8 Å². The lowest BCUT2D eigenvalue weighted by molar-refractivity contribution is 0.402. The molecule has 1 aromatic heterocycles. The largest absolute Gasteiger partial charge is 0.495 e. The van der Waals surface area contributed by atoms with Crippen LogP contribution in [0.1, 0.15) is 5.56 Å². The Hall–Kier alpha value is -2.31. The van der Waals surface area contributed by atoms with Crippen molar-refractivity contribution in [3.05, 3.63) is 59.2 Å². The van der Waals surface area contributed by atoms with Crippen molar-refractivity contribution in [1.29, 1.82) is 0 Å². The first kappa shape index (κ1) is 16.5. The Bertz CT molecular complexity index is 1010. The van der Waals surface area contributed by atoms with Crippen LogP contribution in [-0.4, -0.2) is 20.5 Å². The maximum absolute atomic E-state index is 12.8. The number of para-hydroxylation sites is 1. The highest BCUT2D eigenvalue weighted by atomic mass is 35.5. The van der Waals surface area contributed by atoms with Gasteiger partial charge in [-0.1, -0.05) is 29.8 Å². The second kappa shape index (κ2) is 6.30. The number of halogens is 1. The van der Waals surface area contributed by atoms with E-state index >= 15 is 0 Å². The normalized spacial score (nSPS) is 11.5. The minimum Gasteiger partial charge on any atom is -0.495 e. The van der Waals surface area contributed by atoms with Crippen LogP contribution in [0.2, 0.25) is 5.02 Å². The number of aryl methyl sites for hydroxylation is 1. The Morgan fingerprint density at radius 2 is 1.92 bits per heavy atom. The molecule has 24 heavy (non-hydrogen) atoms. The van der Waals surface area contributed by atoms with Gasteiger partial charge in [0.2, 0.25) is 0 Å². The van der Waals surface area contributed by atoms with Crippen molar-refractivity contribution in [3.63, 3.8) is 0 Å². The fourth-order valence-corrected chi connectivity index (χ4v) is 3.87. The van der Waals surface area contributed by atoms with E-state index in [4.69, 9.17) is 16.3 Å². The van der Waals surface area contributed by atoms with Gasteiger partial charge in [0.05, 0.1) is 18.3 Å². The lowest BCUT2D eigenvalue weighted by atomic mass is 10.2. The van der Waals surface area contributed by atoms with Crippen molar-refractivity contribution in [2.24, 2.45) is 0 Å². The zero-order valence-electron chi connectivity index (χ0n) is 13.1. The number of aromatic nitrogens is 1. The van der Waals surface area contributed by atoms with Crippen LogP contribution in [0.3, 0.4) is 0 Å². The number of sulfonamides is 1. The molecule has 3 rings (SSSR count). The molecule has 3 aromatic rings. The van der Waals surface area contributed by atoms with Crippen LogP contribution in [0, 0.1) is 6.92 Å². The number of benzene rings is 2. The van der Waals surface area contributed by atoms with Crippen LogP contribution in [0.5, 0.6) is 5.75 Å². The van der Waals surface area contributed by atoms with E-state index in [0.29, 0.717) is 16.2 Å². The molecule has 0 saturated heterocycles. The SMILES string of the molecule is COc1cc(C)c(Cl)cc1S(=O)(=O)Nc1cccc2cccnc12. The molecular weight excluding hydrogens is 348 g/mol. The molecule has 0 aliphatic heterocycles. The smallest absolute Gasteiger partial charge is 0.265 e. The van der Waals surface area contributed by atoms with E-state index in [9.17, 15) is 8.42 Å². The average molecular weight is 363 g/mol. The molecule has 5 nitrogen and oxygen atoms in total. The van der Waals surface area contributed by atoms with Crippen LogP contribution in [0.25, 0.3) is 10.9 Å². The molecule has 2 aromatic carbocycles. The van der Waals surface area contributed by atoms with E-state index in [2.05, 4.69) is 9.71 Å². The molecule has 1 N–H and O–H groups in total. The molecule has 0 radical (unpaired) electrons. The van der Waals surface area contributed by atoms with Gasteiger partial charge >= 0.3 is 0 Å². The predicted octanol–water partition coefficient (Wildman–Crippen LogP) is 4.01. The average Bonchev–Trinajstić information content (AvgIpc) is 2.57. The lowest BCUT2D eigenvalue weighted by Gasteiger charge is -2.14. The van der Waals surface area contributed by atoms with E-state index in [1.54, 1.807) is 37.4 Å². The van der Waals surface area contributed by atoms with E-state index in [1.165, 1.54) is 13.2 Å². The van der Waals surface area contributed by atoms with E-state index in [0.717, 1.165) is 10.9 Å². The topological polar surface area (TPSA) is 68.3 Å². The number of pyridine rings is 1. The van der Waals surface area contributed by atoms with Gasteiger partial charge in [-0.15, -0.1) is 0 Å². The van der Waals surface area contributed by atoms with Gasteiger partial charge in [-0.25, -0.2) is 8.42 Å².